The predicted octanol–water partition coefficient (Wildman–Crippen LogP) is 1.07. The van der Waals surface area contributed by atoms with Gasteiger partial charge in [-0.2, -0.15) is 0 Å². The Hall–Kier alpha value is -1.26. The Bertz CT molecular complexity index is 305. The van der Waals surface area contributed by atoms with E-state index >= 15 is 0 Å². The largest absolute Gasteiger partial charge is 0.409 e. The molecule has 0 saturated heterocycles. The van der Waals surface area contributed by atoms with Crippen LogP contribution in [-0.4, -0.2) is 23.5 Å². The molecule has 0 aromatic rings. The molecular formula is C12H21N3O2. The molecule has 5 nitrogen and oxygen atoms in total. The van der Waals surface area contributed by atoms with Crippen molar-refractivity contribution >= 4 is 11.7 Å². The fraction of sp³-hybridized carbons (Fsp3) is 0.833. The molecular weight excluding hydrogens is 218 g/mol. The second-order valence-corrected chi connectivity index (χ2v) is 5.12. The summed E-state index contributed by atoms with van der Waals surface area (Å²) in [6.45, 7) is 0.616. The molecule has 0 bridgehead atoms. The third-order valence-electron chi connectivity index (χ3n) is 4.00. The zero-order valence-electron chi connectivity index (χ0n) is 10.1. The van der Waals surface area contributed by atoms with Crippen LogP contribution in [0.2, 0.25) is 0 Å². The average molecular weight is 239 g/mol. The van der Waals surface area contributed by atoms with E-state index in [1.807, 2.05) is 0 Å². The molecule has 4 N–H and O–H groups in total. The minimum absolute atomic E-state index is 0.210. The number of amides is 1. The second kappa shape index (κ2) is 5.38. The van der Waals surface area contributed by atoms with E-state index in [1.165, 1.54) is 25.7 Å². The lowest BCUT2D eigenvalue weighted by atomic mass is 10.0. The van der Waals surface area contributed by atoms with E-state index in [1.54, 1.807) is 0 Å². The molecule has 2 atom stereocenters. The molecule has 0 aromatic carbocycles. The summed E-state index contributed by atoms with van der Waals surface area (Å²) in [6, 6.07) is 0. The molecule has 17 heavy (non-hydrogen) atoms. The van der Waals surface area contributed by atoms with E-state index in [4.69, 9.17) is 10.9 Å². The van der Waals surface area contributed by atoms with Crippen molar-refractivity contribution in [2.45, 2.75) is 38.5 Å². The Morgan fingerprint density at radius 1 is 1.35 bits per heavy atom. The summed E-state index contributed by atoms with van der Waals surface area (Å²) >= 11 is 0. The van der Waals surface area contributed by atoms with Crippen molar-refractivity contribution in [2.75, 3.05) is 6.54 Å². The summed E-state index contributed by atoms with van der Waals surface area (Å²) < 4.78 is 0. The first kappa shape index (κ1) is 12.2. The van der Waals surface area contributed by atoms with Gasteiger partial charge in [0.05, 0.1) is 0 Å². The van der Waals surface area contributed by atoms with E-state index in [9.17, 15) is 4.79 Å². The molecule has 1 amide bonds. The summed E-state index contributed by atoms with van der Waals surface area (Å²) in [7, 11) is 0. The van der Waals surface area contributed by atoms with Crippen LogP contribution in [0.4, 0.5) is 0 Å². The van der Waals surface area contributed by atoms with Crippen LogP contribution in [-0.2, 0) is 4.79 Å². The number of carbonyl (C=O) groups is 1. The molecule has 96 valence electrons. The lowest BCUT2D eigenvalue weighted by molar-refractivity contribution is -0.122. The molecule has 0 aliphatic heterocycles. The van der Waals surface area contributed by atoms with Crippen molar-refractivity contribution in [3.63, 3.8) is 0 Å². The molecule has 5 heteroatoms. The van der Waals surface area contributed by atoms with E-state index in [2.05, 4.69) is 10.5 Å². The fourth-order valence-electron chi connectivity index (χ4n) is 3.03. The zero-order valence-corrected chi connectivity index (χ0v) is 10.1. The Morgan fingerprint density at radius 3 is 2.59 bits per heavy atom. The highest BCUT2D eigenvalue weighted by Gasteiger charge is 2.54. The minimum atomic E-state index is 0.210. The molecule has 2 unspecified atom stereocenters. The van der Waals surface area contributed by atoms with E-state index in [0.717, 1.165) is 6.42 Å². The maximum absolute atomic E-state index is 11.9. The van der Waals surface area contributed by atoms with Gasteiger partial charge >= 0.3 is 0 Å². The van der Waals surface area contributed by atoms with Gasteiger partial charge in [-0.05, 0) is 31.1 Å². The number of nitrogens with one attached hydrogen (secondary N) is 1. The van der Waals surface area contributed by atoms with Crippen molar-refractivity contribution in [3.8, 4) is 0 Å². The highest BCUT2D eigenvalue weighted by Crippen LogP contribution is 2.55. The van der Waals surface area contributed by atoms with Crippen molar-refractivity contribution in [1.29, 1.82) is 0 Å². The number of fused-ring (bicyclic) bond motifs is 1. The highest BCUT2D eigenvalue weighted by atomic mass is 16.4. The van der Waals surface area contributed by atoms with Gasteiger partial charge in [0, 0.05) is 18.9 Å². The third kappa shape index (κ3) is 2.90. The monoisotopic (exact) mass is 239 g/mol. The van der Waals surface area contributed by atoms with Crippen molar-refractivity contribution in [2.24, 2.45) is 28.6 Å². The maximum Gasteiger partial charge on any atom is 0.223 e. The molecule has 0 heterocycles. The fourth-order valence-corrected chi connectivity index (χ4v) is 3.03. The van der Waals surface area contributed by atoms with Crippen LogP contribution < -0.4 is 11.1 Å². The first-order valence-corrected chi connectivity index (χ1v) is 6.48. The summed E-state index contributed by atoms with van der Waals surface area (Å²) in [4.78, 5) is 11.9. The molecule has 0 spiro atoms. The summed E-state index contributed by atoms with van der Waals surface area (Å²) in [5, 5.41) is 14.2. The summed E-state index contributed by atoms with van der Waals surface area (Å²) in [6.07, 6.45) is 6.28. The van der Waals surface area contributed by atoms with Gasteiger partial charge < -0.3 is 16.3 Å². The van der Waals surface area contributed by atoms with Crippen LogP contribution in [0.5, 0.6) is 0 Å². The number of nitrogens with two attached hydrogens (primary N) is 1. The minimum Gasteiger partial charge on any atom is -0.409 e. The van der Waals surface area contributed by atoms with Crippen molar-refractivity contribution in [1.82, 2.24) is 5.32 Å². The van der Waals surface area contributed by atoms with Gasteiger partial charge in [-0.1, -0.05) is 18.0 Å². The Balaban J connectivity index is 1.62. The first-order chi connectivity index (χ1) is 8.24. The lowest BCUT2D eigenvalue weighted by Gasteiger charge is -2.04. The number of carbonyl (C=O) groups excluding carboxylic acids is 1. The van der Waals surface area contributed by atoms with Crippen LogP contribution in [0.15, 0.2) is 5.16 Å². The van der Waals surface area contributed by atoms with Gasteiger partial charge in [0.15, 0.2) is 0 Å². The highest BCUT2D eigenvalue weighted by molar-refractivity contribution is 5.82. The summed E-state index contributed by atoms with van der Waals surface area (Å²) in [5.74, 6) is 2.03. The smallest absolute Gasteiger partial charge is 0.223 e. The van der Waals surface area contributed by atoms with Gasteiger partial charge in [0.2, 0.25) is 5.91 Å². The number of nitrogens with zero attached hydrogens (tertiary/aromatic N) is 1. The average Bonchev–Trinajstić information content (AvgIpc) is 3.08. The molecule has 0 aromatic heterocycles. The normalized spacial score (nSPS) is 31.8. The SMILES string of the molecule is NC(CCCNC(=O)C1C2CCCCC21)=NO. The predicted molar refractivity (Wildman–Crippen MR) is 64.6 cm³/mol. The quantitative estimate of drug-likeness (QED) is 0.220. The van der Waals surface area contributed by atoms with Gasteiger partial charge in [-0.15, -0.1) is 0 Å². The van der Waals surface area contributed by atoms with Crippen LogP contribution in [0.25, 0.3) is 0 Å². The molecule has 2 saturated carbocycles. The lowest BCUT2D eigenvalue weighted by Crippen LogP contribution is -2.28. The second-order valence-electron chi connectivity index (χ2n) is 5.12. The van der Waals surface area contributed by atoms with Gasteiger partial charge in [0.1, 0.15) is 5.84 Å². The van der Waals surface area contributed by atoms with Crippen LogP contribution in [0, 0.1) is 17.8 Å². The molecule has 2 aliphatic rings. The molecule has 2 rings (SSSR count). The van der Waals surface area contributed by atoms with Crippen molar-refractivity contribution in [3.05, 3.63) is 0 Å². The van der Waals surface area contributed by atoms with E-state index < -0.39 is 0 Å². The number of amidine groups is 1. The Kier molecular flexibility index (Phi) is 3.86. The number of oxime groups is 1. The number of rotatable bonds is 5. The first-order valence-electron chi connectivity index (χ1n) is 6.48. The topological polar surface area (TPSA) is 87.7 Å². The molecule has 2 aliphatic carbocycles. The molecule has 2 fully saturated rings. The maximum atomic E-state index is 11.9. The zero-order chi connectivity index (χ0) is 12.3. The van der Waals surface area contributed by atoms with Crippen molar-refractivity contribution < 1.29 is 10.0 Å². The Morgan fingerprint density at radius 2 is 2.00 bits per heavy atom. The van der Waals surface area contributed by atoms with Gasteiger partial charge in [0.25, 0.3) is 0 Å². The standard InChI is InChI=1S/C12H21N3O2/c13-10(15-17)6-3-7-14-12(16)11-8-4-1-2-5-9(8)11/h8-9,11,17H,1-7H2,(H2,13,15)(H,14,16). The van der Waals surface area contributed by atoms with Crippen LogP contribution in [0.3, 0.4) is 0 Å². The Labute approximate surface area is 101 Å². The summed E-state index contributed by atoms with van der Waals surface area (Å²) in [5.41, 5.74) is 5.34. The van der Waals surface area contributed by atoms with Crippen LogP contribution >= 0.6 is 0 Å². The van der Waals surface area contributed by atoms with Crippen LogP contribution in [0.1, 0.15) is 38.5 Å². The number of hydrogen-bond acceptors (Lipinski definition) is 3. The van der Waals surface area contributed by atoms with E-state index in [-0.39, 0.29) is 17.7 Å². The van der Waals surface area contributed by atoms with Gasteiger partial charge in [-0.25, -0.2) is 0 Å². The van der Waals surface area contributed by atoms with E-state index in [0.29, 0.717) is 24.8 Å². The van der Waals surface area contributed by atoms with Gasteiger partial charge in [-0.3, -0.25) is 4.79 Å². The third-order valence-corrected chi connectivity index (χ3v) is 4.00. The number of hydrogen-bond donors (Lipinski definition) is 3. The molecule has 0 radical (unpaired) electrons.